The van der Waals surface area contributed by atoms with Crippen molar-refractivity contribution in [2.75, 3.05) is 6.61 Å². The Morgan fingerprint density at radius 2 is 2.59 bits per heavy atom. The van der Waals surface area contributed by atoms with Crippen molar-refractivity contribution >= 4 is 5.97 Å². The smallest absolute Gasteiger partial charge is 0.327 e. The molecule has 0 aromatic carbocycles. The van der Waals surface area contributed by atoms with Gasteiger partial charge in [-0.1, -0.05) is 0 Å². The molecule has 0 radical (unpaired) electrons. The summed E-state index contributed by atoms with van der Waals surface area (Å²) in [5.74, 6) is -0.259. The van der Waals surface area contributed by atoms with Crippen LogP contribution in [0.25, 0.3) is 0 Å². The molecule has 0 aliphatic heterocycles. The summed E-state index contributed by atoms with van der Waals surface area (Å²) in [6.07, 6.45) is 4.65. The lowest BCUT2D eigenvalue weighted by Crippen LogP contribution is -2.27. The lowest BCUT2D eigenvalue weighted by molar-refractivity contribution is -0.230. The second-order valence-electron chi connectivity index (χ2n) is 4.07. The molecule has 1 aliphatic carbocycles. The standard InChI is InChI=1S/C11H16N4O2/c1-2-17-11(16)7-15-10-5-3-4-9(14-12)8(10)6-13-15/h6,9,12H,2-5,7H2,1H3/p+1/t9-/m1/s1. The highest BCUT2D eigenvalue weighted by atomic mass is 16.5. The van der Waals surface area contributed by atoms with Crippen LogP contribution in [-0.4, -0.2) is 22.4 Å². The Morgan fingerprint density at radius 1 is 1.76 bits per heavy atom. The zero-order valence-electron chi connectivity index (χ0n) is 9.93. The van der Waals surface area contributed by atoms with Gasteiger partial charge in [-0.25, -0.2) is 0 Å². The van der Waals surface area contributed by atoms with Crippen LogP contribution in [-0.2, 0) is 22.5 Å². The average molecular weight is 237 g/mol. The minimum atomic E-state index is -0.259. The number of aromatic nitrogens is 2. The van der Waals surface area contributed by atoms with E-state index in [9.17, 15) is 4.79 Å². The van der Waals surface area contributed by atoms with E-state index in [1.54, 1.807) is 17.8 Å². The quantitative estimate of drug-likeness (QED) is 0.592. The first-order valence-corrected chi connectivity index (χ1v) is 5.86. The van der Waals surface area contributed by atoms with Crippen LogP contribution in [0.5, 0.6) is 0 Å². The summed E-state index contributed by atoms with van der Waals surface area (Å²) in [5, 5.41) is 8.07. The Morgan fingerprint density at radius 3 is 3.29 bits per heavy atom. The zero-order chi connectivity index (χ0) is 12.3. The molecule has 1 atom stereocenters. The molecule has 0 saturated carbocycles. The van der Waals surface area contributed by atoms with Gasteiger partial charge in [0, 0.05) is 11.3 Å². The minimum Gasteiger partial charge on any atom is -0.465 e. The Bertz CT molecular complexity index is 427. The first-order valence-electron chi connectivity index (χ1n) is 5.86. The van der Waals surface area contributed by atoms with Gasteiger partial charge in [-0.05, 0) is 31.3 Å². The molecule has 0 fully saturated rings. The third-order valence-corrected chi connectivity index (χ3v) is 3.00. The molecule has 6 nitrogen and oxygen atoms in total. The Kier molecular flexibility index (Phi) is 3.51. The van der Waals surface area contributed by atoms with Crippen LogP contribution in [0, 0.1) is 0 Å². The fraction of sp³-hybridized carbons (Fsp3) is 0.636. The van der Waals surface area contributed by atoms with Crippen molar-refractivity contribution in [2.24, 2.45) is 5.11 Å². The molecule has 2 N–H and O–H groups in total. The number of carbonyl (C=O) groups excluding carboxylic acids is 1. The predicted molar refractivity (Wildman–Crippen MR) is 58.9 cm³/mol. The number of esters is 1. The number of carbonyl (C=O) groups is 1. The number of hydrogen-bond acceptors (Lipinski definition) is 4. The lowest BCUT2D eigenvalue weighted by atomic mass is 9.94. The largest absolute Gasteiger partial charge is 0.465 e. The molecule has 0 bridgehead atoms. The predicted octanol–water partition coefficient (Wildman–Crippen LogP) is 0.0349. The van der Waals surface area contributed by atoms with E-state index < -0.39 is 0 Å². The molecule has 0 spiro atoms. The minimum absolute atomic E-state index is 0.0229. The fourth-order valence-electron chi connectivity index (χ4n) is 2.22. The van der Waals surface area contributed by atoms with Crippen LogP contribution in [0.1, 0.15) is 37.1 Å². The third kappa shape index (κ3) is 2.35. The molecule has 1 heterocycles. The number of nitrogens with two attached hydrogens (primary N) is 1. The normalized spacial score (nSPS) is 18.5. The molecular formula is C11H17N4O2+. The number of nitrogens with zero attached hydrogens (tertiary/aromatic N) is 3. The first kappa shape index (κ1) is 11.8. The van der Waals surface area contributed by atoms with E-state index in [0.29, 0.717) is 6.61 Å². The maximum absolute atomic E-state index is 11.4. The van der Waals surface area contributed by atoms with Crippen LogP contribution in [0.2, 0.25) is 0 Å². The Hall–Kier alpha value is -1.72. The van der Waals surface area contributed by atoms with Crippen LogP contribution >= 0.6 is 0 Å². The molecule has 1 aliphatic rings. The maximum atomic E-state index is 11.4. The Labute approximate surface area is 99.5 Å². The summed E-state index contributed by atoms with van der Waals surface area (Å²) in [5.41, 5.74) is 7.48. The summed E-state index contributed by atoms with van der Waals surface area (Å²) < 4.78 is 6.61. The number of hydrogen-bond donors (Lipinski definition) is 1. The van der Waals surface area contributed by atoms with E-state index >= 15 is 0 Å². The van der Waals surface area contributed by atoms with Gasteiger partial charge in [-0.3, -0.25) is 9.48 Å². The highest BCUT2D eigenvalue weighted by Gasteiger charge is 2.26. The van der Waals surface area contributed by atoms with Crippen LogP contribution in [0.4, 0.5) is 0 Å². The lowest BCUT2D eigenvalue weighted by Gasteiger charge is -2.16. The van der Waals surface area contributed by atoms with Crippen molar-refractivity contribution in [1.82, 2.24) is 9.78 Å². The van der Waals surface area contributed by atoms with Crippen molar-refractivity contribution < 1.29 is 15.1 Å². The molecule has 92 valence electrons. The van der Waals surface area contributed by atoms with Crippen molar-refractivity contribution in [3.63, 3.8) is 0 Å². The van der Waals surface area contributed by atoms with Gasteiger partial charge < -0.3 is 4.74 Å². The van der Waals surface area contributed by atoms with Crippen molar-refractivity contribution in [3.8, 4) is 0 Å². The van der Waals surface area contributed by atoms with Gasteiger partial charge in [-0.2, -0.15) is 10.6 Å². The SMILES string of the molecule is CCOC(=O)Cn1ncc2c1CCC[C@H]2N=[NH2+]. The van der Waals surface area contributed by atoms with Gasteiger partial charge in [0.15, 0.2) is 0 Å². The van der Waals surface area contributed by atoms with Gasteiger partial charge in [-0.15, -0.1) is 0 Å². The zero-order valence-corrected chi connectivity index (χ0v) is 9.93. The van der Waals surface area contributed by atoms with Crippen LogP contribution < -0.4 is 5.53 Å². The van der Waals surface area contributed by atoms with Crippen LogP contribution in [0.15, 0.2) is 11.3 Å². The summed E-state index contributed by atoms with van der Waals surface area (Å²) in [4.78, 5) is 11.4. The highest BCUT2D eigenvalue weighted by molar-refractivity contribution is 5.69. The summed E-state index contributed by atoms with van der Waals surface area (Å²) in [6.45, 7) is 2.35. The van der Waals surface area contributed by atoms with Gasteiger partial charge in [0.1, 0.15) is 12.6 Å². The van der Waals surface area contributed by atoms with Crippen molar-refractivity contribution in [1.29, 1.82) is 0 Å². The van der Waals surface area contributed by atoms with Gasteiger partial charge >= 0.3 is 5.97 Å². The number of ether oxygens (including phenoxy) is 1. The van der Waals surface area contributed by atoms with E-state index in [0.717, 1.165) is 30.5 Å². The fourth-order valence-corrected chi connectivity index (χ4v) is 2.22. The molecule has 17 heavy (non-hydrogen) atoms. The van der Waals surface area contributed by atoms with Gasteiger partial charge in [0.2, 0.25) is 0 Å². The highest BCUT2D eigenvalue weighted by Crippen LogP contribution is 2.31. The summed E-state index contributed by atoms with van der Waals surface area (Å²) in [7, 11) is 0. The second kappa shape index (κ2) is 5.07. The molecule has 0 amide bonds. The van der Waals surface area contributed by atoms with Crippen molar-refractivity contribution in [2.45, 2.75) is 38.8 Å². The van der Waals surface area contributed by atoms with E-state index in [1.165, 1.54) is 0 Å². The molecule has 1 aromatic rings. The average Bonchev–Trinajstić information content (AvgIpc) is 2.73. The molecule has 0 saturated heterocycles. The van der Waals surface area contributed by atoms with E-state index in [1.807, 2.05) is 0 Å². The third-order valence-electron chi connectivity index (χ3n) is 3.00. The topological polar surface area (TPSA) is 82.1 Å². The second-order valence-corrected chi connectivity index (χ2v) is 4.07. The Balaban J connectivity index is 2.17. The monoisotopic (exact) mass is 237 g/mol. The van der Waals surface area contributed by atoms with E-state index in [2.05, 4.69) is 10.2 Å². The van der Waals surface area contributed by atoms with Crippen LogP contribution in [0.3, 0.4) is 0 Å². The van der Waals surface area contributed by atoms with E-state index in [4.69, 9.17) is 10.3 Å². The summed E-state index contributed by atoms with van der Waals surface area (Å²) >= 11 is 0. The molecule has 2 rings (SSSR count). The summed E-state index contributed by atoms with van der Waals surface area (Å²) in [6, 6.07) is 0.0229. The maximum Gasteiger partial charge on any atom is 0.327 e. The molecule has 1 aromatic heterocycles. The number of fused-ring (bicyclic) bond motifs is 1. The molecule has 6 heteroatoms. The molecule has 0 unspecified atom stereocenters. The van der Waals surface area contributed by atoms with Gasteiger partial charge in [0.05, 0.1) is 12.8 Å². The van der Waals surface area contributed by atoms with Gasteiger partial charge in [0.25, 0.3) is 0 Å². The van der Waals surface area contributed by atoms with Crippen molar-refractivity contribution in [3.05, 3.63) is 17.5 Å². The molecular weight excluding hydrogens is 220 g/mol. The van der Waals surface area contributed by atoms with E-state index in [-0.39, 0.29) is 18.6 Å². The number of rotatable bonds is 4. The first-order chi connectivity index (χ1) is 8.26.